The van der Waals surface area contributed by atoms with Crippen LogP contribution >= 0.6 is 11.3 Å². The van der Waals surface area contributed by atoms with E-state index in [9.17, 15) is 13.2 Å². The maximum Gasteiger partial charge on any atom is 0.271 e. The standard InChI is InChI=1S/C24H24N4O4S2/c1-24(2,3)23-26-22(27-32-23)17-8-12-18(13-9-17)25-20(29)15-16-6-10-19(11-7-16)28-34(30,31)21-5-4-14-33-21/h4-14,28H,15H2,1-3H3,(H,25,29). The molecule has 0 spiro atoms. The van der Waals surface area contributed by atoms with Crippen molar-refractivity contribution in [1.29, 1.82) is 0 Å². The Kier molecular flexibility index (Phi) is 6.54. The zero-order valence-corrected chi connectivity index (χ0v) is 20.5. The van der Waals surface area contributed by atoms with E-state index in [1.165, 1.54) is 0 Å². The third kappa shape index (κ3) is 5.70. The van der Waals surface area contributed by atoms with Crippen molar-refractivity contribution < 1.29 is 17.7 Å². The molecule has 1 amide bonds. The summed E-state index contributed by atoms with van der Waals surface area (Å²) in [5, 5.41) is 8.59. The summed E-state index contributed by atoms with van der Waals surface area (Å²) in [6, 6.07) is 17.1. The van der Waals surface area contributed by atoms with Crippen molar-refractivity contribution in [3.63, 3.8) is 0 Å². The van der Waals surface area contributed by atoms with Crippen LogP contribution in [0, 0.1) is 0 Å². The fraction of sp³-hybridized carbons (Fsp3) is 0.208. The van der Waals surface area contributed by atoms with Gasteiger partial charge in [0, 0.05) is 22.4 Å². The lowest BCUT2D eigenvalue weighted by Crippen LogP contribution is -2.14. The smallest absolute Gasteiger partial charge is 0.271 e. The lowest BCUT2D eigenvalue weighted by molar-refractivity contribution is -0.115. The van der Waals surface area contributed by atoms with E-state index < -0.39 is 10.0 Å². The Morgan fingerprint density at radius 1 is 1.00 bits per heavy atom. The minimum absolute atomic E-state index is 0.152. The van der Waals surface area contributed by atoms with Gasteiger partial charge >= 0.3 is 0 Å². The fourth-order valence-corrected chi connectivity index (χ4v) is 5.10. The molecule has 0 unspecified atom stereocenters. The molecule has 0 saturated heterocycles. The first-order valence-corrected chi connectivity index (χ1v) is 12.9. The zero-order valence-electron chi connectivity index (χ0n) is 18.9. The summed E-state index contributed by atoms with van der Waals surface area (Å²) in [6.07, 6.45) is 0.152. The van der Waals surface area contributed by atoms with Crippen LogP contribution in [0.15, 0.2) is 74.8 Å². The Bertz CT molecular complexity index is 1370. The number of rotatable bonds is 7. The first kappa shape index (κ1) is 23.7. The highest BCUT2D eigenvalue weighted by Gasteiger charge is 2.22. The normalized spacial score (nSPS) is 11.9. The molecule has 2 N–H and O–H groups in total. The summed E-state index contributed by atoms with van der Waals surface area (Å²) in [4.78, 5) is 16.9. The topological polar surface area (TPSA) is 114 Å². The average molecular weight is 497 g/mol. The van der Waals surface area contributed by atoms with Crippen LogP contribution < -0.4 is 10.0 Å². The Hall–Kier alpha value is -3.50. The van der Waals surface area contributed by atoms with Crippen molar-refractivity contribution in [3.8, 4) is 11.4 Å². The molecule has 2 heterocycles. The lowest BCUT2D eigenvalue weighted by Gasteiger charge is -2.10. The summed E-state index contributed by atoms with van der Waals surface area (Å²) in [7, 11) is -3.60. The second kappa shape index (κ2) is 9.40. The predicted octanol–water partition coefficient (Wildman–Crippen LogP) is 5.08. The van der Waals surface area contributed by atoms with Crippen LogP contribution in [0.1, 0.15) is 32.2 Å². The van der Waals surface area contributed by atoms with Crippen LogP contribution in [-0.4, -0.2) is 24.5 Å². The van der Waals surface area contributed by atoms with E-state index in [0.29, 0.717) is 23.1 Å². The summed E-state index contributed by atoms with van der Waals surface area (Å²) < 4.78 is 32.7. The number of aromatic nitrogens is 2. The van der Waals surface area contributed by atoms with Gasteiger partial charge in [0.25, 0.3) is 10.0 Å². The molecule has 0 atom stereocenters. The molecule has 4 aromatic rings. The van der Waals surface area contributed by atoms with Crippen molar-refractivity contribution in [2.24, 2.45) is 0 Å². The van der Waals surface area contributed by atoms with Crippen molar-refractivity contribution in [2.45, 2.75) is 36.8 Å². The Morgan fingerprint density at radius 2 is 1.68 bits per heavy atom. The van der Waals surface area contributed by atoms with Crippen LogP contribution in [0.2, 0.25) is 0 Å². The fourth-order valence-electron chi connectivity index (χ4n) is 3.05. The molecule has 8 nitrogen and oxygen atoms in total. The maximum atomic E-state index is 12.5. The molecule has 0 bridgehead atoms. The molecule has 10 heteroatoms. The number of hydrogen-bond donors (Lipinski definition) is 2. The quantitative estimate of drug-likeness (QED) is 0.369. The molecule has 0 saturated carbocycles. The van der Waals surface area contributed by atoms with Gasteiger partial charge in [-0.3, -0.25) is 9.52 Å². The summed E-state index contributed by atoms with van der Waals surface area (Å²) in [6.45, 7) is 6.00. The minimum Gasteiger partial charge on any atom is -0.338 e. The first-order chi connectivity index (χ1) is 16.1. The highest BCUT2D eigenvalue weighted by molar-refractivity contribution is 7.94. The van der Waals surface area contributed by atoms with Crippen molar-refractivity contribution in [1.82, 2.24) is 10.1 Å². The number of carbonyl (C=O) groups is 1. The number of nitrogens with one attached hydrogen (secondary N) is 2. The van der Waals surface area contributed by atoms with Gasteiger partial charge in [-0.15, -0.1) is 11.3 Å². The number of anilines is 2. The van der Waals surface area contributed by atoms with E-state index >= 15 is 0 Å². The van der Waals surface area contributed by atoms with Crippen LogP contribution in [0.4, 0.5) is 11.4 Å². The van der Waals surface area contributed by atoms with Gasteiger partial charge in [0.2, 0.25) is 17.6 Å². The van der Waals surface area contributed by atoms with Gasteiger partial charge < -0.3 is 9.84 Å². The number of sulfonamides is 1. The van der Waals surface area contributed by atoms with Gasteiger partial charge in [-0.2, -0.15) is 4.98 Å². The molecule has 0 aliphatic heterocycles. The SMILES string of the molecule is CC(C)(C)c1nc(-c2ccc(NC(=O)Cc3ccc(NS(=O)(=O)c4cccs4)cc3)cc2)no1. The Balaban J connectivity index is 1.34. The number of amides is 1. The number of hydrogen-bond acceptors (Lipinski definition) is 7. The highest BCUT2D eigenvalue weighted by atomic mass is 32.2. The molecule has 0 aliphatic rings. The maximum absolute atomic E-state index is 12.5. The van der Waals surface area contributed by atoms with Crippen LogP contribution in [-0.2, 0) is 26.7 Å². The number of carbonyl (C=O) groups excluding carboxylic acids is 1. The molecule has 34 heavy (non-hydrogen) atoms. The van der Waals surface area contributed by atoms with Crippen LogP contribution in [0.3, 0.4) is 0 Å². The molecule has 0 radical (unpaired) electrons. The molecule has 4 rings (SSSR count). The molecular formula is C24H24N4O4S2. The second-order valence-electron chi connectivity index (χ2n) is 8.71. The van der Waals surface area contributed by atoms with Crippen LogP contribution in [0.25, 0.3) is 11.4 Å². The van der Waals surface area contributed by atoms with Crippen molar-refractivity contribution in [2.75, 3.05) is 10.0 Å². The average Bonchev–Trinajstić information content (AvgIpc) is 3.48. The summed E-state index contributed by atoms with van der Waals surface area (Å²) >= 11 is 1.15. The number of nitrogens with zero attached hydrogens (tertiary/aromatic N) is 2. The van der Waals surface area contributed by atoms with Gasteiger partial charge in [-0.25, -0.2) is 8.42 Å². The van der Waals surface area contributed by atoms with E-state index in [1.807, 2.05) is 32.9 Å². The highest BCUT2D eigenvalue weighted by Crippen LogP contribution is 2.25. The number of benzene rings is 2. The molecule has 2 aromatic heterocycles. The van der Waals surface area contributed by atoms with E-state index in [2.05, 4.69) is 20.2 Å². The molecule has 176 valence electrons. The second-order valence-corrected chi connectivity index (χ2v) is 11.6. The van der Waals surface area contributed by atoms with Crippen molar-refractivity contribution >= 4 is 38.6 Å². The predicted molar refractivity (Wildman–Crippen MR) is 132 cm³/mol. The Labute approximate surface area is 202 Å². The summed E-state index contributed by atoms with van der Waals surface area (Å²) in [5.74, 6) is 0.872. The minimum atomic E-state index is -3.60. The molecule has 0 fully saturated rings. The third-order valence-electron chi connectivity index (χ3n) is 4.83. The van der Waals surface area contributed by atoms with E-state index in [4.69, 9.17) is 4.52 Å². The lowest BCUT2D eigenvalue weighted by atomic mass is 9.97. The van der Waals surface area contributed by atoms with Gasteiger partial charge in [-0.1, -0.05) is 44.1 Å². The van der Waals surface area contributed by atoms with Gasteiger partial charge in [0.05, 0.1) is 6.42 Å². The number of thiophene rings is 1. The zero-order chi connectivity index (χ0) is 24.3. The third-order valence-corrected chi connectivity index (χ3v) is 7.60. The molecular weight excluding hydrogens is 472 g/mol. The first-order valence-electron chi connectivity index (χ1n) is 10.5. The van der Waals surface area contributed by atoms with Gasteiger partial charge in [-0.05, 0) is 53.4 Å². The molecule has 0 aliphatic carbocycles. The van der Waals surface area contributed by atoms with E-state index in [1.54, 1.807) is 53.9 Å². The van der Waals surface area contributed by atoms with E-state index in [-0.39, 0.29) is 22.0 Å². The van der Waals surface area contributed by atoms with Gasteiger partial charge in [0.1, 0.15) is 4.21 Å². The van der Waals surface area contributed by atoms with Crippen molar-refractivity contribution in [3.05, 3.63) is 77.5 Å². The largest absolute Gasteiger partial charge is 0.338 e. The molecule has 2 aromatic carbocycles. The monoisotopic (exact) mass is 496 g/mol. The Morgan fingerprint density at radius 3 is 2.26 bits per heavy atom. The van der Waals surface area contributed by atoms with Crippen LogP contribution in [0.5, 0.6) is 0 Å². The summed E-state index contributed by atoms with van der Waals surface area (Å²) in [5.41, 5.74) is 2.40. The van der Waals surface area contributed by atoms with Gasteiger partial charge in [0.15, 0.2) is 0 Å². The van der Waals surface area contributed by atoms with E-state index in [0.717, 1.165) is 22.5 Å².